The van der Waals surface area contributed by atoms with Gasteiger partial charge in [-0.2, -0.15) is 0 Å². The third-order valence-corrected chi connectivity index (χ3v) is 6.29. The highest BCUT2D eigenvalue weighted by molar-refractivity contribution is 5.74. The molecule has 5 heteroatoms. The smallest absolute Gasteiger partial charge is 0.219 e. The van der Waals surface area contributed by atoms with E-state index < -0.39 is 0 Å². The van der Waals surface area contributed by atoms with Gasteiger partial charge in [-0.3, -0.25) is 14.7 Å². The van der Waals surface area contributed by atoms with E-state index in [9.17, 15) is 4.79 Å². The van der Waals surface area contributed by atoms with Crippen molar-refractivity contribution in [3.63, 3.8) is 0 Å². The molecule has 0 radical (unpaired) electrons. The Kier molecular flexibility index (Phi) is 5.04. The number of hydrogen-bond donors (Lipinski definition) is 0. The summed E-state index contributed by atoms with van der Waals surface area (Å²) in [5.74, 6) is 0.909. The Hall–Kier alpha value is -1.46. The standard InChI is InChI=1S/C20H30N4O/c1-16(25)24-19(15-22-9-2-3-10-22)12-18-14-23(11-6-20(18)24)13-17-4-7-21-8-5-17/h4-5,7-8,18-20H,2-3,6,9-15H2,1H3/t18-,19?,20+/m1/s1. The van der Waals surface area contributed by atoms with Crippen LogP contribution in [-0.4, -0.2) is 70.4 Å². The van der Waals surface area contributed by atoms with Crippen molar-refractivity contribution >= 4 is 5.91 Å². The first kappa shape index (κ1) is 17.0. The van der Waals surface area contributed by atoms with Crippen LogP contribution in [-0.2, 0) is 11.3 Å². The van der Waals surface area contributed by atoms with Crippen molar-refractivity contribution < 1.29 is 4.79 Å². The van der Waals surface area contributed by atoms with Gasteiger partial charge in [0.2, 0.25) is 5.91 Å². The third-order valence-electron chi connectivity index (χ3n) is 6.29. The summed E-state index contributed by atoms with van der Waals surface area (Å²) in [5, 5.41) is 0. The summed E-state index contributed by atoms with van der Waals surface area (Å²) >= 11 is 0. The number of fused-ring (bicyclic) bond motifs is 1. The van der Waals surface area contributed by atoms with Crippen LogP contribution >= 0.6 is 0 Å². The Morgan fingerprint density at radius 3 is 2.64 bits per heavy atom. The molecule has 0 aromatic carbocycles. The summed E-state index contributed by atoms with van der Waals surface area (Å²) < 4.78 is 0. The Balaban J connectivity index is 1.41. The van der Waals surface area contributed by atoms with Gasteiger partial charge >= 0.3 is 0 Å². The van der Waals surface area contributed by atoms with Crippen molar-refractivity contribution in [2.45, 2.75) is 51.2 Å². The van der Waals surface area contributed by atoms with Crippen LogP contribution < -0.4 is 0 Å². The first-order valence-electron chi connectivity index (χ1n) is 9.83. The number of amides is 1. The minimum atomic E-state index is 0.277. The molecule has 1 aromatic rings. The average Bonchev–Trinajstić information content (AvgIpc) is 3.23. The molecule has 4 heterocycles. The van der Waals surface area contributed by atoms with Gasteiger partial charge in [0.15, 0.2) is 0 Å². The van der Waals surface area contributed by atoms with E-state index in [0.717, 1.165) is 32.6 Å². The van der Waals surface area contributed by atoms with Gasteiger partial charge < -0.3 is 9.80 Å². The Morgan fingerprint density at radius 2 is 1.92 bits per heavy atom. The van der Waals surface area contributed by atoms with Gasteiger partial charge in [-0.05, 0) is 62.4 Å². The maximum Gasteiger partial charge on any atom is 0.219 e. The molecule has 3 saturated heterocycles. The van der Waals surface area contributed by atoms with E-state index in [1.165, 1.54) is 37.9 Å². The minimum absolute atomic E-state index is 0.277. The molecule has 0 aliphatic carbocycles. The second-order valence-corrected chi connectivity index (χ2v) is 8.03. The van der Waals surface area contributed by atoms with Crippen molar-refractivity contribution in [1.82, 2.24) is 19.7 Å². The summed E-state index contributed by atoms with van der Waals surface area (Å²) in [6.07, 6.45) is 8.68. The van der Waals surface area contributed by atoms with Crippen LogP contribution in [0.4, 0.5) is 0 Å². The number of hydrogen-bond acceptors (Lipinski definition) is 4. The lowest BCUT2D eigenvalue weighted by Crippen LogP contribution is -2.49. The Labute approximate surface area is 151 Å². The fourth-order valence-corrected chi connectivity index (χ4v) is 5.23. The predicted octanol–water partition coefficient (Wildman–Crippen LogP) is 1.99. The van der Waals surface area contributed by atoms with Crippen LogP contribution in [0.25, 0.3) is 0 Å². The van der Waals surface area contributed by atoms with Gasteiger partial charge in [0.25, 0.3) is 0 Å². The molecule has 3 atom stereocenters. The number of piperidine rings is 1. The van der Waals surface area contributed by atoms with Gasteiger partial charge in [0.1, 0.15) is 0 Å². The van der Waals surface area contributed by atoms with Gasteiger partial charge in [0, 0.05) is 57.6 Å². The summed E-state index contributed by atoms with van der Waals surface area (Å²) in [6.45, 7) is 8.48. The number of likely N-dealkylation sites (tertiary alicyclic amines) is 3. The van der Waals surface area contributed by atoms with Crippen LogP contribution in [0, 0.1) is 5.92 Å². The zero-order chi connectivity index (χ0) is 17.2. The molecule has 0 N–H and O–H groups in total. The predicted molar refractivity (Wildman–Crippen MR) is 98.0 cm³/mol. The Morgan fingerprint density at radius 1 is 1.16 bits per heavy atom. The summed E-state index contributed by atoms with van der Waals surface area (Å²) in [7, 11) is 0. The first-order valence-corrected chi connectivity index (χ1v) is 9.83. The van der Waals surface area contributed by atoms with Crippen LogP contribution in [0.1, 0.15) is 38.2 Å². The third kappa shape index (κ3) is 3.72. The molecule has 5 nitrogen and oxygen atoms in total. The molecular formula is C20H30N4O. The lowest BCUT2D eigenvalue weighted by atomic mass is 9.91. The largest absolute Gasteiger partial charge is 0.335 e. The van der Waals surface area contributed by atoms with Gasteiger partial charge in [0.05, 0.1) is 0 Å². The highest BCUT2D eigenvalue weighted by Gasteiger charge is 2.45. The van der Waals surface area contributed by atoms with E-state index in [4.69, 9.17) is 0 Å². The molecular weight excluding hydrogens is 312 g/mol. The molecule has 0 bridgehead atoms. The monoisotopic (exact) mass is 342 g/mol. The summed E-state index contributed by atoms with van der Waals surface area (Å²) in [6, 6.07) is 5.10. The van der Waals surface area contributed by atoms with E-state index >= 15 is 0 Å². The van der Waals surface area contributed by atoms with Gasteiger partial charge in [-0.1, -0.05) is 0 Å². The number of rotatable bonds is 4. The molecule has 3 aliphatic rings. The van der Waals surface area contributed by atoms with Crippen molar-refractivity contribution in [2.24, 2.45) is 5.92 Å². The average molecular weight is 342 g/mol. The lowest BCUT2D eigenvalue weighted by molar-refractivity contribution is -0.133. The van der Waals surface area contributed by atoms with Crippen LogP contribution in [0.15, 0.2) is 24.5 Å². The van der Waals surface area contributed by atoms with Crippen molar-refractivity contribution in [3.05, 3.63) is 30.1 Å². The van der Waals surface area contributed by atoms with Gasteiger partial charge in [-0.25, -0.2) is 0 Å². The zero-order valence-corrected chi connectivity index (χ0v) is 15.3. The number of carbonyl (C=O) groups is 1. The second kappa shape index (κ2) is 7.42. The molecule has 3 aliphatic heterocycles. The number of pyridine rings is 1. The minimum Gasteiger partial charge on any atom is -0.335 e. The van der Waals surface area contributed by atoms with E-state index in [-0.39, 0.29) is 5.91 Å². The van der Waals surface area contributed by atoms with Crippen LogP contribution in [0.2, 0.25) is 0 Å². The SMILES string of the molecule is CC(=O)N1C(CN2CCCC2)C[C@@H]2CN(Cc3ccncc3)CC[C@@H]21. The molecule has 4 rings (SSSR count). The van der Waals surface area contributed by atoms with Crippen LogP contribution in [0.5, 0.6) is 0 Å². The number of carbonyl (C=O) groups excluding carboxylic acids is 1. The fourth-order valence-electron chi connectivity index (χ4n) is 5.23. The number of nitrogens with zero attached hydrogens (tertiary/aromatic N) is 4. The lowest BCUT2D eigenvalue weighted by Gasteiger charge is -2.38. The van der Waals surface area contributed by atoms with E-state index in [2.05, 4.69) is 31.8 Å². The first-order chi connectivity index (χ1) is 12.2. The maximum atomic E-state index is 12.3. The van der Waals surface area contributed by atoms with Crippen molar-refractivity contribution in [1.29, 1.82) is 0 Å². The molecule has 0 spiro atoms. The van der Waals surface area contributed by atoms with E-state index in [1.54, 1.807) is 6.92 Å². The molecule has 1 aromatic heterocycles. The topological polar surface area (TPSA) is 39.7 Å². The molecule has 3 fully saturated rings. The summed E-state index contributed by atoms with van der Waals surface area (Å²) in [4.78, 5) is 23.8. The zero-order valence-electron chi connectivity index (χ0n) is 15.3. The molecule has 136 valence electrons. The highest BCUT2D eigenvalue weighted by atomic mass is 16.2. The molecule has 1 unspecified atom stereocenters. The maximum absolute atomic E-state index is 12.3. The molecule has 25 heavy (non-hydrogen) atoms. The van der Waals surface area contributed by atoms with Crippen LogP contribution in [0.3, 0.4) is 0 Å². The van der Waals surface area contributed by atoms with Crippen molar-refractivity contribution in [2.75, 3.05) is 32.7 Å². The van der Waals surface area contributed by atoms with E-state index in [0.29, 0.717) is 18.0 Å². The normalized spacial score (nSPS) is 30.6. The number of aromatic nitrogens is 1. The quantitative estimate of drug-likeness (QED) is 0.839. The van der Waals surface area contributed by atoms with E-state index in [1.807, 2.05) is 12.4 Å². The van der Waals surface area contributed by atoms with Crippen molar-refractivity contribution in [3.8, 4) is 0 Å². The van der Waals surface area contributed by atoms with Gasteiger partial charge in [-0.15, -0.1) is 0 Å². The fraction of sp³-hybridized carbons (Fsp3) is 0.700. The highest BCUT2D eigenvalue weighted by Crippen LogP contribution is 2.36. The Bertz CT molecular complexity index is 587. The second-order valence-electron chi connectivity index (χ2n) is 8.03. The molecule has 1 amide bonds. The molecule has 0 saturated carbocycles. The summed E-state index contributed by atoms with van der Waals surface area (Å²) in [5.41, 5.74) is 1.34.